The van der Waals surface area contributed by atoms with Gasteiger partial charge in [-0.3, -0.25) is 34.3 Å². The molecule has 312 valence electrons. The lowest BCUT2D eigenvalue weighted by atomic mass is 9.82. The summed E-state index contributed by atoms with van der Waals surface area (Å²) in [4.78, 5) is 58.7. The lowest BCUT2D eigenvalue weighted by Gasteiger charge is -2.44. The number of benzene rings is 2. The Kier molecular flexibility index (Phi) is 13.4. The van der Waals surface area contributed by atoms with Gasteiger partial charge in [0.1, 0.15) is 5.54 Å². The van der Waals surface area contributed by atoms with E-state index >= 15 is 0 Å². The zero-order valence-corrected chi connectivity index (χ0v) is 35.1. The molecule has 15 heteroatoms. The molecule has 3 heterocycles. The first-order chi connectivity index (χ1) is 27.3. The molecule has 4 aliphatic rings. The zero-order chi connectivity index (χ0) is 42.1. The highest BCUT2D eigenvalue weighted by Gasteiger charge is 2.52. The van der Waals surface area contributed by atoms with Crippen LogP contribution in [0, 0.1) is 23.2 Å². The summed E-state index contributed by atoms with van der Waals surface area (Å²) >= 11 is 12.2. The average Bonchev–Trinajstić information content (AvgIpc) is 3.32. The topological polar surface area (TPSA) is 117 Å². The predicted molar refractivity (Wildman–Crippen MR) is 219 cm³/mol. The number of Topliss-reactive ketones (excluding diaryl/α,β-unsaturated/α-hetero) is 1. The number of nitrogens with one attached hydrogen (secondary N) is 1. The molecule has 0 bridgehead atoms. The number of piperazine rings is 1. The van der Waals surface area contributed by atoms with Crippen LogP contribution in [-0.2, 0) is 38.2 Å². The first-order valence-electron chi connectivity index (χ1n) is 20.3. The van der Waals surface area contributed by atoms with Crippen LogP contribution in [-0.4, -0.2) is 93.2 Å². The average molecular weight is 841 g/mol. The van der Waals surface area contributed by atoms with Gasteiger partial charge in [-0.15, -0.1) is 0 Å². The number of alkyl halides is 3. The lowest BCUT2D eigenvalue weighted by molar-refractivity contribution is -0.138. The van der Waals surface area contributed by atoms with Crippen molar-refractivity contribution in [2.75, 3.05) is 31.1 Å². The van der Waals surface area contributed by atoms with Crippen LogP contribution in [0.2, 0.25) is 5.02 Å². The number of thiocarbonyl (C=S) groups is 1. The van der Waals surface area contributed by atoms with Gasteiger partial charge in [-0.1, -0.05) is 17.7 Å². The number of rotatable bonds is 12. The Morgan fingerprint density at radius 3 is 2.31 bits per heavy atom. The van der Waals surface area contributed by atoms with Crippen molar-refractivity contribution in [1.29, 1.82) is 5.26 Å². The number of hydrogen-bond acceptors (Lipinski definition) is 8. The van der Waals surface area contributed by atoms with Crippen LogP contribution in [0.25, 0.3) is 0 Å². The molecular weight excluding hydrogens is 789 g/mol. The summed E-state index contributed by atoms with van der Waals surface area (Å²) in [6.45, 7) is 10.9. The molecule has 0 radical (unpaired) electrons. The molecule has 0 aromatic heterocycles. The fraction of sp³-hybridized carbons (Fsp3) is 0.581. The molecule has 10 nitrogen and oxygen atoms in total. The number of carbonyl (C=O) groups excluding carboxylic acids is 4. The summed E-state index contributed by atoms with van der Waals surface area (Å²) in [6.07, 6.45) is 2.49. The number of ketones is 1. The fourth-order valence-electron chi connectivity index (χ4n) is 9.55. The normalized spacial score (nSPS) is 25.9. The van der Waals surface area contributed by atoms with Crippen molar-refractivity contribution in [3.63, 3.8) is 0 Å². The van der Waals surface area contributed by atoms with Crippen LogP contribution in [0.15, 0.2) is 36.4 Å². The fourth-order valence-corrected chi connectivity index (χ4v) is 10.4. The van der Waals surface area contributed by atoms with E-state index < -0.39 is 22.8 Å². The first kappa shape index (κ1) is 43.7. The Bertz CT molecular complexity index is 1970. The molecule has 3 saturated heterocycles. The van der Waals surface area contributed by atoms with E-state index in [4.69, 9.17) is 23.8 Å². The number of piperidine rings is 1. The van der Waals surface area contributed by atoms with Crippen molar-refractivity contribution < 1.29 is 32.3 Å². The van der Waals surface area contributed by atoms with Gasteiger partial charge in [-0.05, 0) is 145 Å². The summed E-state index contributed by atoms with van der Waals surface area (Å²) in [5.41, 5.74) is -0.912. The Hall–Kier alpha value is -3.90. The molecule has 6 rings (SSSR count). The number of amides is 3. The van der Waals surface area contributed by atoms with E-state index in [2.05, 4.69) is 29.0 Å². The molecule has 1 aliphatic carbocycles. The monoisotopic (exact) mass is 840 g/mol. The molecule has 1 saturated carbocycles. The standard InChI is InChI=1S/C43H52ClF3N6O4S/c1-26-23-50(24-27(2)51(26)25-36(54)20-30-16-29(18-33(44)19-30)17-31-10-14-38(55)49-39(31)56)15-5-6-28-7-11-34(12-8-28)53-41(58)52(40(57)42(53,3)4)35-13-9-32(22-48)37(21-35)43(45,46)47/h9,13,16,18-19,21,26-28,31,34H,5-8,10-12,14-15,17,20,23-25H2,1-4H3,(H,49,55,56)/t26-,27+,28?,31?,34?. The van der Waals surface area contributed by atoms with E-state index in [1.54, 1.807) is 26.0 Å². The van der Waals surface area contributed by atoms with Gasteiger partial charge in [-0.2, -0.15) is 18.4 Å². The summed E-state index contributed by atoms with van der Waals surface area (Å²) in [7, 11) is 0. The van der Waals surface area contributed by atoms with E-state index in [1.807, 2.05) is 17.0 Å². The third-order valence-corrected chi connectivity index (χ3v) is 13.1. The minimum atomic E-state index is -4.75. The van der Waals surface area contributed by atoms with Crippen LogP contribution in [0.5, 0.6) is 0 Å². The maximum absolute atomic E-state index is 13.8. The van der Waals surface area contributed by atoms with Crippen LogP contribution in [0.4, 0.5) is 18.9 Å². The van der Waals surface area contributed by atoms with Gasteiger partial charge < -0.3 is 9.80 Å². The summed E-state index contributed by atoms with van der Waals surface area (Å²) in [6, 6.07) is 10.8. The molecule has 2 aromatic carbocycles. The van der Waals surface area contributed by atoms with Gasteiger partial charge >= 0.3 is 6.18 Å². The van der Waals surface area contributed by atoms with E-state index in [-0.39, 0.29) is 64.8 Å². The molecule has 1 unspecified atom stereocenters. The molecule has 3 amide bonds. The SMILES string of the molecule is C[C@@H]1CN(CCCC2CCC(N3C(=S)N(c4ccc(C#N)c(C(F)(F)F)c4)C(=O)C3(C)C)CC2)C[C@H](C)N1CC(=O)Cc1cc(Cl)cc(CC2CCC(=O)NC2=O)c1. The van der Waals surface area contributed by atoms with Gasteiger partial charge in [0.15, 0.2) is 10.9 Å². The minimum absolute atomic E-state index is 0.00980. The van der Waals surface area contributed by atoms with Crippen molar-refractivity contribution in [3.05, 3.63) is 63.7 Å². The molecule has 0 spiro atoms. The largest absolute Gasteiger partial charge is 0.417 e. The maximum atomic E-state index is 13.8. The number of hydrogen-bond donors (Lipinski definition) is 1. The van der Waals surface area contributed by atoms with Crippen molar-refractivity contribution in [3.8, 4) is 6.07 Å². The first-order valence-corrected chi connectivity index (χ1v) is 21.0. The number of anilines is 1. The second-order valence-corrected chi connectivity index (χ2v) is 18.0. The molecule has 4 fully saturated rings. The summed E-state index contributed by atoms with van der Waals surface area (Å²) < 4.78 is 41.3. The third kappa shape index (κ3) is 9.75. The smallest absolute Gasteiger partial charge is 0.331 e. The number of halogens is 4. The van der Waals surface area contributed by atoms with Gasteiger partial charge in [0, 0.05) is 55.0 Å². The Labute approximate surface area is 349 Å². The van der Waals surface area contributed by atoms with Crippen molar-refractivity contribution in [2.45, 2.75) is 122 Å². The minimum Gasteiger partial charge on any atom is -0.331 e. The van der Waals surface area contributed by atoms with Crippen molar-refractivity contribution >= 4 is 58.1 Å². The Morgan fingerprint density at radius 1 is 1.00 bits per heavy atom. The molecule has 3 atom stereocenters. The third-order valence-electron chi connectivity index (χ3n) is 12.5. The quantitative estimate of drug-likeness (QED) is 0.177. The Balaban J connectivity index is 0.951. The molecule has 1 N–H and O–H groups in total. The van der Waals surface area contributed by atoms with Crippen molar-refractivity contribution in [1.82, 2.24) is 20.0 Å². The highest BCUT2D eigenvalue weighted by Crippen LogP contribution is 2.41. The van der Waals surface area contributed by atoms with Gasteiger partial charge in [0.05, 0.1) is 29.4 Å². The van der Waals surface area contributed by atoms with Crippen molar-refractivity contribution in [2.24, 2.45) is 11.8 Å². The Morgan fingerprint density at radius 2 is 1.67 bits per heavy atom. The molecular formula is C43H52ClF3N6O4S. The summed E-state index contributed by atoms with van der Waals surface area (Å²) in [5.74, 6) is -0.556. The lowest BCUT2D eigenvalue weighted by Crippen LogP contribution is -2.58. The highest BCUT2D eigenvalue weighted by molar-refractivity contribution is 7.80. The van der Waals surface area contributed by atoms with Gasteiger partial charge in [0.2, 0.25) is 11.8 Å². The number of nitriles is 1. The number of carbonyl (C=O) groups is 4. The maximum Gasteiger partial charge on any atom is 0.417 e. The van der Waals surface area contributed by atoms with Crippen LogP contribution in [0.3, 0.4) is 0 Å². The zero-order valence-electron chi connectivity index (χ0n) is 33.5. The second-order valence-electron chi connectivity index (χ2n) is 17.2. The van der Waals surface area contributed by atoms with E-state index in [0.717, 1.165) is 81.4 Å². The van der Waals surface area contributed by atoms with Gasteiger partial charge in [0.25, 0.3) is 5.91 Å². The highest BCUT2D eigenvalue weighted by atomic mass is 35.5. The number of imide groups is 1. The molecule has 2 aromatic rings. The molecule has 58 heavy (non-hydrogen) atoms. The second kappa shape index (κ2) is 17.8. The summed E-state index contributed by atoms with van der Waals surface area (Å²) in [5, 5.41) is 12.4. The van der Waals surface area contributed by atoms with E-state index in [0.29, 0.717) is 36.7 Å². The van der Waals surface area contributed by atoms with Crippen LogP contribution in [0.1, 0.15) is 101 Å². The van der Waals surface area contributed by atoms with Crippen LogP contribution >= 0.6 is 23.8 Å². The molecule has 3 aliphatic heterocycles. The predicted octanol–water partition coefficient (Wildman–Crippen LogP) is 7.08. The van der Waals surface area contributed by atoms with Crippen LogP contribution < -0.4 is 10.2 Å². The number of nitrogens with zero attached hydrogens (tertiary/aromatic N) is 5. The van der Waals surface area contributed by atoms with Gasteiger partial charge in [-0.25, -0.2) is 0 Å². The van der Waals surface area contributed by atoms with E-state index in [9.17, 15) is 37.6 Å². The van der Waals surface area contributed by atoms with E-state index in [1.165, 1.54) is 11.0 Å².